The maximum atomic E-state index is 5.89. The highest BCUT2D eigenvalue weighted by atomic mass is 79.9. The Bertz CT molecular complexity index is 578. The van der Waals surface area contributed by atoms with E-state index in [1.807, 2.05) is 30.3 Å². The summed E-state index contributed by atoms with van der Waals surface area (Å²) in [6, 6.07) is 14.3. The van der Waals surface area contributed by atoms with Crippen LogP contribution < -0.4 is 10.1 Å². The molecule has 0 fully saturated rings. The van der Waals surface area contributed by atoms with Crippen molar-refractivity contribution in [3.8, 4) is 11.5 Å². The summed E-state index contributed by atoms with van der Waals surface area (Å²) in [6.45, 7) is 8.39. The lowest BCUT2D eigenvalue weighted by atomic mass is 10.2. The van der Waals surface area contributed by atoms with Crippen molar-refractivity contribution in [2.75, 3.05) is 6.54 Å². The first kappa shape index (κ1) is 16.1. The minimum absolute atomic E-state index is 0.664. The molecule has 0 unspecified atom stereocenters. The van der Waals surface area contributed by atoms with Gasteiger partial charge in [0, 0.05) is 6.54 Å². The summed E-state index contributed by atoms with van der Waals surface area (Å²) in [6.07, 6.45) is 0. The van der Waals surface area contributed by atoms with Gasteiger partial charge in [-0.2, -0.15) is 0 Å². The third-order valence-electron chi connectivity index (χ3n) is 3.13. The van der Waals surface area contributed by atoms with E-state index in [4.69, 9.17) is 4.74 Å². The second kappa shape index (κ2) is 7.62. The van der Waals surface area contributed by atoms with E-state index in [0.717, 1.165) is 29.1 Å². The van der Waals surface area contributed by atoms with Crippen molar-refractivity contribution in [3.05, 3.63) is 58.1 Å². The van der Waals surface area contributed by atoms with Gasteiger partial charge in [0.25, 0.3) is 0 Å². The Morgan fingerprint density at radius 3 is 2.43 bits per heavy atom. The van der Waals surface area contributed by atoms with Gasteiger partial charge < -0.3 is 10.1 Å². The third kappa shape index (κ3) is 5.18. The van der Waals surface area contributed by atoms with E-state index in [0.29, 0.717) is 5.92 Å². The maximum absolute atomic E-state index is 5.89. The lowest BCUT2D eigenvalue weighted by Crippen LogP contribution is -2.18. The van der Waals surface area contributed by atoms with Crippen molar-refractivity contribution in [2.24, 2.45) is 5.92 Å². The zero-order valence-corrected chi connectivity index (χ0v) is 14.4. The smallest absolute Gasteiger partial charge is 0.141 e. The zero-order chi connectivity index (χ0) is 15.2. The van der Waals surface area contributed by atoms with Crippen LogP contribution in [-0.2, 0) is 6.54 Å². The Hall–Kier alpha value is -1.32. The molecular formula is C18H22BrNO. The molecule has 2 nitrogen and oxygen atoms in total. The van der Waals surface area contributed by atoms with Gasteiger partial charge in [-0.1, -0.05) is 37.6 Å². The highest BCUT2D eigenvalue weighted by Crippen LogP contribution is 2.30. The molecular weight excluding hydrogens is 326 g/mol. The molecule has 112 valence electrons. The van der Waals surface area contributed by atoms with Crippen LogP contribution in [0.15, 0.2) is 46.9 Å². The van der Waals surface area contributed by atoms with Crippen molar-refractivity contribution >= 4 is 15.9 Å². The van der Waals surface area contributed by atoms with E-state index in [2.05, 4.69) is 54.2 Å². The van der Waals surface area contributed by atoms with Crippen LogP contribution in [0, 0.1) is 12.8 Å². The molecule has 0 aliphatic carbocycles. The highest BCUT2D eigenvalue weighted by Gasteiger charge is 2.04. The van der Waals surface area contributed by atoms with Crippen LogP contribution in [0.2, 0.25) is 0 Å². The molecule has 2 aromatic rings. The summed E-state index contributed by atoms with van der Waals surface area (Å²) in [4.78, 5) is 0. The Balaban J connectivity index is 2.00. The highest BCUT2D eigenvalue weighted by molar-refractivity contribution is 9.10. The largest absolute Gasteiger partial charge is 0.456 e. The average molecular weight is 348 g/mol. The normalized spacial score (nSPS) is 10.9. The Kier molecular flexibility index (Phi) is 5.83. The number of nitrogens with one attached hydrogen (secondary N) is 1. The Labute approximate surface area is 135 Å². The van der Waals surface area contributed by atoms with E-state index in [9.17, 15) is 0 Å². The van der Waals surface area contributed by atoms with Crippen molar-refractivity contribution in [3.63, 3.8) is 0 Å². The van der Waals surface area contributed by atoms with Crippen LogP contribution in [0.1, 0.15) is 25.0 Å². The molecule has 0 spiro atoms. The summed E-state index contributed by atoms with van der Waals surface area (Å²) >= 11 is 3.59. The topological polar surface area (TPSA) is 21.3 Å². The lowest BCUT2D eigenvalue weighted by Gasteiger charge is -2.11. The first-order chi connectivity index (χ1) is 10.0. The second-order valence-corrected chi connectivity index (χ2v) is 6.56. The number of hydrogen-bond donors (Lipinski definition) is 1. The molecule has 0 atom stereocenters. The van der Waals surface area contributed by atoms with Gasteiger partial charge in [0.1, 0.15) is 11.5 Å². The predicted octanol–water partition coefficient (Wildman–Crippen LogP) is 5.30. The fourth-order valence-corrected chi connectivity index (χ4v) is 2.48. The molecule has 0 amide bonds. The van der Waals surface area contributed by atoms with E-state index in [1.54, 1.807) is 0 Å². The lowest BCUT2D eigenvalue weighted by molar-refractivity contribution is 0.479. The molecule has 2 rings (SSSR count). The second-order valence-electron chi connectivity index (χ2n) is 5.70. The molecule has 1 N–H and O–H groups in total. The molecule has 21 heavy (non-hydrogen) atoms. The maximum Gasteiger partial charge on any atom is 0.141 e. The fourth-order valence-electron chi connectivity index (χ4n) is 1.98. The third-order valence-corrected chi connectivity index (χ3v) is 3.75. The van der Waals surface area contributed by atoms with E-state index >= 15 is 0 Å². The molecule has 0 aliphatic rings. The summed E-state index contributed by atoms with van der Waals surface area (Å²) < 4.78 is 6.87. The van der Waals surface area contributed by atoms with Gasteiger partial charge in [-0.3, -0.25) is 0 Å². The first-order valence-corrected chi connectivity index (χ1v) is 8.07. The first-order valence-electron chi connectivity index (χ1n) is 7.28. The standard InChI is InChI=1S/C18H22BrNO/c1-13(2)11-20-12-15-6-9-18(17(19)10-15)21-16-7-4-14(3)5-8-16/h4-10,13,20H,11-12H2,1-3H3. The monoisotopic (exact) mass is 347 g/mol. The van der Waals surface area contributed by atoms with Gasteiger partial charge >= 0.3 is 0 Å². The van der Waals surface area contributed by atoms with Crippen LogP contribution >= 0.6 is 15.9 Å². The van der Waals surface area contributed by atoms with Gasteiger partial charge in [-0.25, -0.2) is 0 Å². The number of benzene rings is 2. The number of hydrogen-bond acceptors (Lipinski definition) is 2. The van der Waals surface area contributed by atoms with Crippen LogP contribution in [0.4, 0.5) is 0 Å². The quantitative estimate of drug-likeness (QED) is 0.765. The van der Waals surface area contributed by atoms with Gasteiger partial charge in [0.2, 0.25) is 0 Å². The average Bonchev–Trinajstić information content (AvgIpc) is 2.44. The molecule has 2 aromatic carbocycles. The molecule has 0 radical (unpaired) electrons. The van der Waals surface area contributed by atoms with Gasteiger partial charge in [0.05, 0.1) is 4.47 Å². The molecule has 0 heterocycles. The summed E-state index contributed by atoms with van der Waals surface area (Å²) in [5, 5.41) is 3.44. The van der Waals surface area contributed by atoms with Crippen LogP contribution in [0.25, 0.3) is 0 Å². The van der Waals surface area contributed by atoms with Gasteiger partial charge in [-0.15, -0.1) is 0 Å². The minimum Gasteiger partial charge on any atom is -0.456 e. The number of halogens is 1. The summed E-state index contributed by atoms with van der Waals surface area (Å²) in [7, 11) is 0. The molecule has 0 bridgehead atoms. The predicted molar refractivity (Wildman–Crippen MR) is 91.9 cm³/mol. The van der Waals surface area contributed by atoms with Gasteiger partial charge in [-0.05, 0) is 65.1 Å². The zero-order valence-electron chi connectivity index (χ0n) is 12.8. The van der Waals surface area contributed by atoms with Gasteiger partial charge in [0.15, 0.2) is 0 Å². The fraction of sp³-hybridized carbons (Fsp3) is 0.333. The molecule has 3 heteroatoms. The van der Waals surface area contributed by atoms with E-state index < -0.39 is 0 Å². The van der Waals surface area contributed by atoms with Crippen molar-refractivity contribution in [1.82, 2.24) is 5.32 Å². The number of ether oxygens (including phenoxy) is 1. The van der Waals surface area contributed by atoms with E-state index in [-0.39, 0.29) is 0 Å². The van der Waals surface area contributed by atoms with Crippen molar-refractivity contribution in [1.29, 1.82) is 0 Å². The van der Waals surface area contributed by atoms with Crippen LogP contribution in [-0.4, -0.2) is 6.54 Å². The molecule has 0 saturated heterocycles. The van der Waals surface area contributed by atoms with Crippen LogP contribution in [0.3, 0.4) is 0 Å². The van der Waals surface area contributed by atoms with Crippen molar-refractivity contribution < 1.29 is 4.74 Å². The summed E-state index contributed by atoms with van der Waals surface area (Å²) in [5.74, 6) is 2.36. The SMILES string of the molecule is Cc1ccc(Oc2ccc(CNCC(C)C)cc2Br)cc1. The Morgan fingerprint density at radius 2 is 1.81 bits per heavy atom. The molecule has 0 aromatic heterocycles. The molecule has 0 aliphatic heterocycles. The molecule has 0 saturated carbocycles. The Morgan fingerprint density at radius 1 is 1.10 bits per heavy atom. The summed E-state index contributed by atoms with van der Waals surface area (Å²) in [5.41, 5.74) is 2.48. The van der Waals surface area contributed by atoms with Crippen molar-refractivity contribution in [2.45, 2.75) is 27.3 Å². The number of aryl methyl sites for hydroxylation is 1. The van der Waals surface area contributed by atoms with Crippen LogP contribution in [0.5, 0.6) is 11.5 Å². The number of rotatable bonds is 6. The van der Waals surface area contributed by atoms with E-state index in [1.165, 1.54) is 11.1 Å². The minimum atomic E-state index is 0.664.